The van der Waals surface area contributed by atoms with Crippen LogP contribution in [0.1, 0.15) is 0 Å². The van der Waals surface area contributed by atoms with E-state index in [4.69, 9.17) is 47.3 Å². The first kappa shape index (κ1) is 53.5. The summed E-state index contributed by atoms with van der Waals surface area (Å²) in [5.74, 6) is 0. The summed E-state index contributed by atoms with van der Waals surface area (Å²) in [5, 5.41) is 25.0. The summed E-state index contributed by atoms with van der Waals surface area (Å²) in [5.41, 5.74) is 0. The summed E-state index contributed by atoms with van der Waals surface area (Å²) in [6.45, 7) is 19.0. The summed E-state index contributed by atoms with van der Waals surface area (Å²) in [6.07, 6.45) is 0. The van der Waals surface area contributed by atoms with E-state index < -0.39 is 0 Å². The molecule has 0 aliphatic heterocycles. The van der Waals surface area contributed by atoms with Crippen LogP contribution in [0.2, 0.25) is 0 Å². The zero-order valence-corrected chi connectivity index (χ0v) is 8.01. The van der Waals surface area contributed by atoms with Crippen molar-refractivity contribution in [2.75, 3.05) is 0 Å². The van der Waals surface area contributed by atoms with Crippen molar-refractivity contribution < 1.29 is 16.5 Å². The van der Waals surface area contributed by atoms with Crippen molar-refractivity contribution in [1.82, 2.24) is 0 Å². The fourth-order valence-corrected chi connectivity index (χ4v) is 0. The zero-order valence-electron chi connectivity index (χ0n) is 4.81. The molecular weight excluding hydrogens is 203 g/mol. The Labute approximate surface area is 101 Å². The van der Waals surface area contributed by atoms with Crippen molar-refractivity contribution in [2.24, 2.45) is 0 Å². The van der Waals surface area contributed by atoms with E-state index in [0.717, 1.165) is 0 Å². The summed E-state index contributed by atoms with van der Waals surface area (Å²) in [4.78, 5) is 0. The van der Waals surface area contributed by atoms with Gasteiger partial charge in [-0.2, -0.15) is 0 Å². The largest absolute Gasteiger partial charge is 2.00 e. The Morgan fingerprint density at radius 3 is 0.500 bits per heavy atom. The molecule has 6 heteroatoms. The molecule has 0 aliphatic carbocycles. The van der Waals surface area contributed by atoms with E-state index in [1.807, 2.05) is 0 Å². The van der Waals surface area contributed by atoms with Crippen LogP contribution in [-0.4, -0.2) is 37.7 Å². The summed E-state index contributed by atoms with van der Waals surface area (Å²) in [7, 11) is 0. The van der Waals surface area contributed by atoms with Crippen LogP contribution in [0.5, 0.6) is 0 Å². The van der Waals surface area contributed by atoms with Crippen molar-refractivity contribution in [3.8, 4) is 0 Å². The maximum absolute atomic E-state index is 6.25. The molecule has 0 unspecified atom stereocenters. The number of rotatable bonds is 0. The quantitative estimate of drug-likeness (QED) is 0.408. The second-order valence-corrected chi connectivity index (χ2v) is 0. The topological polar surface area (TPSA) is 95.2 Å². The van der Waals surface area contributed by atoms with Gasteiger partial charge in [0, 0.05) is 0 Å². The maximum atomic E-state index is 6.25. The average Bonchev–Trinajstić information content (AvgIpc) is 2.03. The van der Waals surface area contributed by atoms with Crippen LogP contribution < -0.4 is 0 Å². The van der Waals surface area contributed by atoms with Crippen LogP contribution in [0.25, 0.3) is 0 Å². The number of hydrogen-bond acceptors (Lipinski definition) is 4. The SMILES string of the molecule is [C-]#N.[C-]#N.[C-]#N.[C-]#N.[Ca+2].[Ni+2]. The predicted molar refractivity (Wildman–Crippen MR) is 25.6 cm³/mol. The minimum Gasteiger partial charge on any atom is -0.512 e. The van der Waals surface area contributed by atoms with Gasteiger partial charge in [0.1, 0.15) is 0 Å². The maximum Gasteiger partial charge on any atom is 2.00 e. The van der Waals surface area contributed by atoms with Gasteiger partial charge < -0.3 is 47.3 Å². The molecule has 0 radical (unpaired) electrons. The third kappa shape index (κ3) is 4230. The van der Waals surface area contributed by atoms with Crippen molar-refractivity contribution in [3.05, 3.63) is 26.3 Å². The molecule has 0 aromatic carbocycles. The number of nitrogens with zero attached hydrogens (tertiary/aromatic N) is 4. The molecule has 0 amide bonds. The average molecular weight is 203 g/mol. The number of hydrogen-bond donors (Lipinski definition) is 0. The standard InChI is InChI=1S/4CN.Ca.Ni/c4*1-2;;/q4*-1;2*+2. The molecule has 0 aromatic heterocycles. The molecule has 48 valence electrons. The summed E-state index contributed by atoms with van der Waals surface area (Å²) in [6, 6.07) is 0. The minimum atomic E-state index is 0. The van der Waals surface area contributed by atoms with Gasteiger partial charge in [0.25, 0.3) is 0 Å². The fraction of sp³-hybridized carbons (Fsp3) is 0. The molecule has 0 saturated heterocycles. The Bertz CT molecular complexity index is 60.2. The third-order valence-corrected chi connectivity index (χ3v) is 0. The molecule has 0 aliphatic rings. The molecule has 0 bridgehead atoms. The summed E-state index contributed by atoms with van der Waals surface area (Å²) >= 11 is 0. The van der Waals surface area contributed by atoms with Crippen molar-refractivity contribution in [1.29, 1.82) is 21.0 Å². The molecule has 0 N–H and O–H groups in total. The van der Waals surface area contributed by atoms with Gasteiger partial charge in [-0.3, -0.25) is 0 Å². The first-order valence-corrected chi connectivity index (χ1v) is 0.894. The van der Waals surface area contributed by atoms with Gasteiger partial charge in [-0.15, -0.1) is 0 Å². The third-order valence-electron chi connectivity index (χ3n) is 0. The van der Waals surface area contributed by atoms with E-state index in [1.54, 1.807) is 0 Å². The van der Waals surface area contributed by atoms with E-state index in [0.29, 0.717) is 0 Å². The van der Waals surface area contributed by atoms with Gasteiger partial charge in [-0.25, -0.2) is 0 Å². The molecule has 0 atom stereocenters. The Hall–Kier alpha value is -0.287. The monoisotopic (exact) mass is 202 g/mol. The molecular formula is C4CaN4Ni. The molecule has 0 aromatic rings. The van der Waals surface area contributed by atoms with E-state index in [2.05, 4.69) is 0 Å². The Balaban J connectivity index is -0.00000000500. The second-order valence-electron chi connectivity index (χ2n) is 0. The van der Waals surface area contributed by atoms with E-state index >= 15 is 0 Å². The zero-order chi connectivity index (χ0) is 8.00. The molecule has 0 saturated carbocycles. The van der Waals surface area contributed by atoms with E-state index in [-0.39, 0.29) is 54.2 Å². The van der Waals surface area contributed by atoms with Crippen LogP contribution in [0.15, 0.2) is 0 Å². The predicted octanol–water partition coefficient (Wildman–Crippen LogP) is 0.00218. The molecule has 0 spiro atoms. The second kappa shape index (κ2) is 6300. The Morgan fingerprint density at radius 1 is 0.500 bits per heavy atom. The van der Waals surface area contributed by atoms with Gasteiger partial charge in [0.15, 0.2) is 0 Å². The molecule has 0 heterocycles. The van der Waals surface area contributed by atoms with Crippen LogP contribution in [0.4, 0.5) is 0 Å². The van der Waals surface area contributed by atoms with Gasteiger partial charge >= 0.3 is 54.2 Å². The summed E-state index contributed by atoms with van der Waals surface area (Å²) < 4.78 is 0. The van der Waals surface area contributed by atoms with Gasteiger partial charge in [-0.05, 0) is 0 Å². The Kier molecular flexibility index (Phi) is 33700. The molecule has 0 fully saturated rings. The van der Waals surface area contributed by atoms with Crippen LogP contribution in [0, 0.1) is 47.3 Å². The minimum absolute atomic E-state index is 0. The fourth-order valence-electron chi connectivity index (χ4n) is 0. The first-order chi connectivity index (χ1) is 4.00. The van der Waals surface area contributed by atoms with E-state index in [1.165, 1.54) is 0 Å². The van der Waals surface area contributed by atoms with Crippen LogP contribution in [-0.2, 0) is 16.5 Å². The normalized spacial score (nSPS) is 0.800. The van der Waals surface area contributed by atoms with Crippen molar-refractivity contribution in [2.45, 2.75) is 0 Å². The molecule has 10 heavy (non-hydrogen) atoms. The van der Waals surface area contributed by atoms with Crippen molar-refractivity contribution in [3.63, 3.8) is 0 Å². The van der Waals surface area contributed by atoms with Gasteiger partial charge in [0.2, 0.25) is 0 Å². The smallest absolute Gasteiger partial charge is 0.512 e. The first-order valence-electron chi connectivity index (χ1n) is 0.894. The van der Waals surface area contributed by atoms with Crippen LogP contribution >= 0.6 is 0 Å². The van der Waals surface area contributed by atoms with Gasteiger partial charge in [0.05, 0.1) is 0 Å². The van der Waals surface area contributed by atoms with E-state index in [9.17, 15) is 0 Å². The Morgan fingerprint density at radius 2 is 0.500 bits per heavy atom. The van der Waals surface area contributed by atoms with Gasteiger partial charge in [-0.1, -0.05) is 0 Å². The van der Waals surface area contributed by atoms with Crippen LogP contribution in [0.3, 0.4) is 0 Å². The van der Waals surface area contributed by atoms with Crippen molar-refractivity contribution >= 4 is 37.7 Å². The molecule has 0 rings (SSSR count). The molecule has 4 nitrogen and oxygen atoms in total.